The van der Waals surface area contributed by atoms with E-state index in [1.807, 2.05) is 0 Å². The van der Waals surface area contributed by atoms with Crippen molar-refractivity contribution in [1.29, 1.82) is 0 Å². The molecule has 12 heteroatoms. The number of nitrogens with one attached hydrogen (secondary N) is 1. The number of benzene rings is 1. The molecule has 29 heavy (non-hydrogen) atoms. The number of aromatic nitrogens is 4. The van der Waals surface area contributed by atoms with Crippen molar-refractivity contribution in [2.45, 2.75) is 26.4 Å². The molecule has 0 aliphatic heterocycles. The minimum Gasteiger partial charge on any atom is -0.306 e. The predicted molar refractivity (Wildman–Crippen MR) is 110 cm³/mol. The maximum atomic E-state index is 12.5. The van der Waals surface area contributed by atoms with Gasteiger partial charge < -0.3 is 5.32 Å². The van der Waals surface area contributed by atoms with E-state index in [9.17, 15) is 14.9 Å². The van der Waals surface area contributed by atoms with E-state index in [0.29, 0.717) is 16.6 Å². The third-order valence-electron chi connectivity index (χ3n) is 4.17. The monoisotopic (exact) mass is 456 g/mol. The van der Waals surface area contributed by atoms with Gasteiger partial charge in [0.15, 0.2) is 5.82 Å². The van der Waals surface area contributed by atoms with Gasteiger partial charge in [0.1, 0.15) is 23.0 Å². The van der Waals surface area contributed by atoms with Crippen molar-refractivity contribution in [2.75, 3.05) is 5.32 Å². The molecule has 1 aromatic carbocycles. The zero-order valence-corrected chi connectivity index (χ0v) is 17.5. The molecule has 152 valence electrons. The van der Waals surface area contributed by atoms with Crippen LogP contribution in [-0.2, 0) is 11.3 Å². The Balaban J connectivity index is 1.74. The molecule has 0 aliphatic rings. The number of hydrogen-bond donors (Lipinski definition) is 1. The highest BCUT2D eigenvalue weighted by atomic mass is 35.5. The summed E-state index contributed by atoms with van der Waals surface area (Å²) in [5.41, 5.74) is 0.837. The molecule has 1 amide bonds. The number of rotatable bonds is 6. The zero-order valence-electron chi connectivity index (χ0n) is 15.3. The minimum atomic E-state index is -0.811. The fourth-order valence-corrected chi connectivity index (χ4v) is 3.24. The average Bonchev–Trinajstić information content (AvgIpc) is 3.19. The first-order valence-corrected chi connectivity index (χ1v) is 9.47. The van der Waals surface area contributed by atoms with Gasteiger partial charge in [0, 0.05) is 16.2 Å². The summed E-state index contributed by atoms with van der Waals surface area (Å²) < 4.78 is 2.75. The molecule has 3 aromatic rings. The summed E-state index contributed by atoms with van der Waals surface area (Å²) in [6.45, 7) is 3.38. The Morgan fingerprint density at radius 2 is 1.97 bits per heavy atom. The average molecular weight is 458 g/mol. The molecule has 0 fully saturated rings. The van der Waals surface area contributed by atoms with Crippen LogP contribution in [-0.4, -0.2) is 30.4 Å². The van der Waals surface area contributed by atoms with E-state index in [4.69, 9.17) is 34.8 Å². The summed E-state index contributed by atoms with van der Waals surface area (Å²) >= 11 is 18.2. The molecular formula is C17H15Cl3N6O3. The lowest BCUT2D eigenvalue weighted by atomic mass is 10.2. The van der Waals surface area contributed by atoms with Crippen LogP contribution < -0.4 is 5.32 Å². The van der Waals surface area contributed by atoms with Gasteiger partial charge in [-0.15, -0.1) is 0 Å². The van der Waals surface area contributed by atoms with Crippen molar-refractivity contribution in [2.24, 2.45) is 0 Å². The number of carbonyl (C=O) groups is 1. The number of nitro groups is 1. The zero-order chi connectivity index (χ0) is 21.3. The van der Waals surface area contributed by atoms with E-state index in [0.717, 1.165) is 5.56 Å². The molecule has 0 bridgehead atoms. The molecule has 9 nitrogen and oxygen atoms in total. The van der Waals surface area contributed by atoms with Crippen LogP contribution in [0.1, 0.15) is 24.2 Å². The Morgan fingerprint density at radius 3 is 2.59 bits per heavy atom. The highest BCUT2D eigenvalue weighted by Crippen LogP contribution is 2.25. The molecule has 0 radical (unpaired) electrons. The fourth-order valence-electron chi connectivity index (χ4n) is 2.58. The van der Waals surface area contributed by atoms with E-state index >= 15 is 0 Å². The quantitative estimate of drug-likeness (QED) is 0.433. The maximum absolute atomic E-state index is 12.5. The van der Waals surface area contributed by atoms with Crippen LogP contribution in [0.3, 0.4) is 0 Å². The highest BCUT2D eigenvalue weighted by Gasteiger charge is 2.23. The van der Waals surface area contributed by atoms with E-state index in [2.05, 4.69) is 15.5 Å². The van der Waals surface area contributed by atoms with Crippen LogP contribution >= 0.6 is 34.8 Å². The van der Waals surface area contributed by atoms with Crippen LogP contribution in [0.5, 0.6) is 0 Å². The Morgan fingerprint density at radius 1 is 1.24 bits per heavy atom. The highest BCUT2D eigenvalue weighted by molar-refractivity contribution is 6.35. The van der Waals surface area contributed by atoms with Crippen LogP contribution in [0.25, 0.3) is 0 Å². The second-order valence-electron chi connectivity index (χ2n) is 6.26. The first-order chi connectivity index (χ1) is 13.7. The number of amides is 1. The first kappa shape index (κ1) is 21.1. The van der Waals surface area contributed by atoms with Crippen molar-refractivity contribution >= 4 is 52.2 Å². The Bertz CT molecular complexity index is 1090. The molecule has 1 N–H and O–H groups in total. The topological polar surface area (TPSA) is 108 Å². The Labute approximate surface area is 180 Å². The number of nitrogens with zero attached hydrogens (tertiary/aromatic N) is 5. The maximum Gasteiger partial charge on any atom is 0.309 e. The SMILES string of the molecule is Cc1nn(C(C)C(=O)Nc2nn(Cc3ccc(Cl)cc3Cl)cc2Cl)cc1[N+](=O)[O-]. The normalized spacial score (nSPS) is 12.0. The molecule has 1 unspecified atom stereocenters. The predicted octanol–water partition coefficient (Wildman–Crippen LogP) is 4.50. The third-order valence-corrected chi connectivity index (χ3v) is 5.03. The van der Waals surface area contributed by atoms with Crippen LogP contribution in [0, 0.1) is 17.0 Å². The number of aryl methyl sites for hydroxylation is 1. The molecule has 0 saturated heterocycles. The summed E-state index contributed by atoms with van der Waals surface area (Å²) in [5.74, 6) is -0.314. The van der Waals surface area contributed by atoms with Gasteiger partial charge in [-0.25, -0.2) is 0 Å². The van der Waals surface area contributed by atoms with Gasteiger partial charge in [-0.05, 0) is 31.5 Å². The van der Waals surface area contributed by atoms with E-state index in [1.54, 1.807) is 31.3 Å². The lowest BCUT2D eigenvalue weighted by molar-refractivity contribution is -0.385. The van der Waals surface area contributed by atoms with Crippen LogP contribution in [0.2, 0.25) is 15.1 Å². The van der Waals surface area contributed by atoms with E-state index in [1.165, 1.54) is 22.5 Å². The lowest BCUT2D eigenvalue weighted by Gasteiger charge is -2.11. The van der Waals surface area contributed by atoms with Crippen molar-refractivity contribution in [3.8, 4) is 0 Å². The largest absolute Gasteiger partial charge is 0.309 e. The van der Waals surface area contributed by atoms with Gasteiger partial charge in [0.2, 0.25) is 5.91 Å². The number of anilines is 1. The summed E-state index contributed by atoms with van der Waals surface area (Å²) in [5, 5.41) is 23.1. The minimum absolute atomic E-state index is 0.159. The standard InChI is InChI=1S/C17H15Cl3N6O3/c1-9-15(26(28)29)8-25(22-9)10(2)17(27)21-16-14(20)7-24(23-16)6-11-3-4-12(18)5-13(11)19/h3-5,7-8,10H,6H2,1-2H3,(H,21,23,27). The van der Waals surface area contributed by atoms with Crippen molar-refractivity contribution in [3.63, 3.8) is 0 Å². The van der Waals surface area contributed by atoms with E-state index < -0.39 is 16.9 Å². The van der Waals surface area contributed by atoms with Crippen LogP contribution in [0.4, 0.5) is 11.5 Å². The second-order valence-corrected chi connectivity index (χ2v) is 7.51. The van der Waals surface area contributed by atoms with Gasteiger partial charge in [0.25, 0.3) is 0 Å². The second kappa shape index (κ2) is 8.40. The summed E-state index contributed by atoms with van der Waals surface area (Å²) in [4.78, 5) is 22.9. The van der Waals surface area contributed by atoms with E-state index in [-0.39, 0.29) is 22.2 Å². The summed E-state index contributed by atoms with van der Waals surface area (Å²) in [6.07, 6.45) is 2.76. The summed E-state index contributed by atoms with van der Waals surface area (Å²) in [6, 6.07) is 4.30. The van der Waals surface area contributed by atoms with Gasteiger partial charge in [-0.1, -0.05) is 40.9 Å². The molecule has 0 spiro atoms. The van der Waals surface area contributed by atoms with Gasteiger partial charge in [0.05, 0.1) is 11.5 Å². The molecule has 0 saturated carbocycles. The molecule has 2 aromatic heterocycles. The van der Waals surface area contributed by atoms with Crippen molar-refractivity contribution in [1.82, 2.24) is 19.6 Å². The number of hydrogen-bond acceptors (Lipinski definition) is 5. The first-order valence-electron chi connectivity index (χ1n) is 8.33. The Kier molecular flexibility index (Phi) is 6.11. The van der Waals surface area contributed by atoms with Gasteiger partial charge in [-0.2, -0.15) is 10.2 Å². The lowest BCUT2D eigenvalue weighted by Crippen LogP contribution is -2.24. The fraction of sp³-hybridized carbons (Fsp3) is 0.235. The van der Waals surface area contributed by atoms with Crippen molar-refractivity contribution < 1.29 is 9.72 Å². The molecule has 1 atom stereocenters. The third kappa shape index (κ3) is 4.69. The molecule has 0 aliphatic carbocycles. The molecular weight excluding hydrogens is 443 g/mol. The molecule has 3 rings (SSSR count). The van der Waals surface area contributed by atoms with Gasteiger partial charge >= 0.3 is 5.69 Å². The number of carbonyl (C=O) groups excluding carboxylic acids is 1. The summed E-state index contributed by atoms with van der Waals surface area (Å²) in [7, 11) is 0. The Hall–Kier alpha value is -2.62. The number of halogens is 3. The smallest absolute Gasteiger partial charge is 0.306 e. The van der Waals surface area contributed by atoms with Crippen LogP contribution in [0.15, 0.2) is 30.6 Å². The molecule has 2 heterocycles. The van der Waals surface area contributed by atoms with Crippen molar-refractivity contribution in [3.05, 3.63) is 67.0 Å². The van der Waals surface area contributed by atoms with Gasteiger partial charge in [-0.3, -0.25) is 24.3 Å².